The number of benzene rings is 9. The Bertz CT molecular complexity index is 3000. The van der Waals surface area contributed by atoms with Gasteiger partial charge in [0, 0.05) is 51.5 Å². The molecule has 11 aromatic rings. The number of hydrogen-bond donors (Lipinski definition) is 0. The summed E-state index contributed by atoms with van der Waals surface area (Å²) < 4.78 is 5.40. The second kappa shape index (κ2) is 10.9. The molecule has 0 atom stereocenters. The summed E-state index contributed by atoms with van der Waals surface area (Å²) in [4.78, 5) is 0. The highest BCUT2D eigenvalue weighted by molar-refractivity contribution is 7.29. The molecule has 0 aliphatic heterocycles. The summed E-state index contributed by atoms with van der Waals surface area (Å²) in [5.74, 6) is 0. The molecule has 2 aromatic heterocycles. The maximum atomic E-state index is 2.46. The number of thiophene rings is 2. The van der Waals surface area contributed by atoms with Crippen molar-refractivity contribution in [1.82, 2.24) is 0 Å². The Morgan fingerprint density at radius 2 is 0.660 bits per heavy atom. The first-order valence-corrected chi connectivity index (χ1v) is 18.7. The Kier molecular flexibility index (Phi) is 6.09. The van der Waals surface area contributed by atoms with Crippen molar-refractivity contribution in [2.45, 2.75) is 0 Å². The molecule has 2 heteroatoms. The van der Waals surface area contributed by atoms with Crippen LogP contribution in [0.5, 0.6) is 0 Å². The Morgan fingerprint density at radius 1 is 0.260 bits per heavy atom. The van der Waals surface area contributed by atoms with E-state index in [4.69, 9.17) is 0 Å². The molecular weight excluding hydrogens is 641 g/mol. The molecule has 0 nitrogen and oxygen atoms in total. The molecule has 0 unspecified atom stereocenters. The Morgan fingerprint density at radius 3 is 1.20 bits per heavy atom. The highest BCUT2D eigenvalue weighted by Crippen LogP contribution is 2.53. The van der Waals surface area contributed by atoms with Crippen LogP contribution < -0.4 is 0 Å². The van der Waals surface area contributed by atoms with Crippen LogP contribution in [0, 0.1) is 0 Å². The highest BCUT2D eigenvalue weighted by atomic mass is 32.1. The van der Waals surface area contributed by atoms with E-state index in [1.54, 1.807) is 0 Å². The average molecular weight is 669 g/mol. The lowest BCUT2D eigenvalue weighted by molar-refractivity contribution is 1.64. The quantitative estimate of drug-likeness (QED) is 0.164. The van der Waals surface area contributed by atoms with Crippen molar-refractivity contribution >= 4 is 95.3 Å². The lowest BCUT2D eigenvalue weighted by Gasteiger charge is -2.20. The van der Waals surface area contributed by atoms with E-state index in [9.17, 15) is 0 Å². The lowest BCUT2D eigenvalue weighted by Crippen LogP contribution is -1.93. The van der Waals surface area contributed by atoms with Crippen LogP contribution in [-0.2, 0) is 0 Å². The highest BCUT2D eigenvalue weighted by Gasteiger charge is 2.24. The van der Waals surface area contributed by atoms with E-state index in [0.717, 1.165) is 0 Å². The van der Waals surface area contributed by atoms with Gasteiger partial charge in [0.05, 0.1) is 0 Å². The zero-order valence-corrected chi connectivity index (χ0v) is 28.6. The van der Waals surface area contributed by atoms with E-state index in [2.05, 4.69) is 170 Å². The van der Waals surface area contributed by atoms with Crippen LogP contribution in [0.25, 0.3) is 106 Å². The molecule has 11 rings (SSSR count). The summed E-state index contributed by atoms with van der Waals surface area (Å²) in [6.07, 6.45) is 0. The first kappa shape index (κ1) is 28.1. The molecule has 0 bridgehead atoms. The molecule has 0 saturated carbocycles. The predicted octanol–water partition coefficient (Wildman–Crippen LogP) is 14.9. The molecule has 50 heavy (non-hydrogen) atoms. The van der Waals surface area contributed by atoms with Gasteiger partial charge in [-0.1, -0.05) is 152 Å². The summed E-state index contributed by atoms with van der Waals surface area (Å²) in [6.45, 7) is 0. The van der Waals surface area contributed by atoms with Crippen molar-refractivity contribution < 1.29 is 0 Å². The monoisotopic (exact) mass is 668 g/mol. The average Bonchev–Trinajstić information content (AvgIpc) is 3.75. The topological polar surface area (TPSA) is 0 Å². The van der Waals surface area contributed by atoms with Gasteiger partial charge in [0.1, 0.15) is 0 Å². The van der Waals surface area contributed by atoms with Gasteiger partial charge in [-0.15, -0.1) is 22.7 Å². The first-order valence-electron chi connectivity index (χ1n) is 17.1. The van der Waals surface area contributed by atoms with Crippen LogP contribution in [0.3, 0.4) is 0 Å². The minimum Gasteiger partial charge on any atom is -0.134 e. The second-order valence-electron chi connectivity index (χ2n) is 13.1. The fourth-order valence-corrected chi connectivity index (χ4v) is 10.9. The van der Waals surface area contributed by atoms with Crippen LogP contribution in [0.1, 0.15) is 0 Å². The van der Waals surface area contributed by atoms with Crippen LogP contribution in [-0.4, -0.2) is 0 Å². The van der Waals surface area contributed by atoms with Crippen molar-refractivity contribution in [3.8, 4) is 33.4 Å². The fourth-order valence-electron chi connectivity index (χ4n) is 8.34. The van der Waals surface area contributed by atoms with E-state index >= 15 is 0 Å². The molecule has 0 radical (unpaired) electrons. The zero-order valence-electron chi connectivity index (χ0n) is 27.0. The van der Waals surface area contributed by atoms with Gasteiger partial charge in [0.2, 0.25) is 0 Å². The Labute approximate surface area is 297 Å². The molecule has 0 N–H and O–H groups in total. The van der Waals surface area contributed by atoms with Crippen LogP contribution >= 0.6 is 22.7 Å². The van der Waals surface area contributed by atoms with Gasteiger partial charge in [0.15, 0.2) is 0 Å². The van der Waals surface area contributed by atoms with Crippen LogP contribution in [0.15, 0.2) is 170 Å². The SMILES string of the molecule is c1ccc(-c2ccc(-c3c4ccccc4c(-c4c5sc6ccccc6c5cc5c4sc4ccccc45)c4ccccc34)c3ccccc23)cc1. The van der Waals surface area contributed by atoms with Gasteiger partial charge < -0.3 is 0 Å². The summed E-state index contributed by atoms with van der Waals surface area (Å²) in [5, 5.41) is 13.1. The molecule has 232 valence electrons. The second-order valence-corrected chi connectivity index (χ2v) is 15.2. The standard InChI is InChI=1S/C48H28S2/c1-2-14-29(15-3-1)30-26-27-39(32-17-5-4-16-31(30)32)44-35-20-6-8-22-37(35)45(38-23-9-7-21-36(38)44)46-47-40(33-18-10-12-24-42(33)49-47)28-41-34-19-11-13-25-43(34)50-48(41)46/h1-28H. The maximum Gasteiger partial charge on any atom is 0.0448 e. The summed E-state index contributed by atoms with van der Waals surface area (Å²) >= 11 is 3.87. The predicted molar refractivity (Wildman–Crippen MR) is 221 cm³/mol. The molecular formula is C48H28S2. The van der Waals surface area contributed by atoms with E-state index < -0.39 is 0 Å². The molecule has 0 amide bonds. The van der Waals surface area contributed by atoms with E-state index in [0.29, 0.717) is 0 Å². The molecule has 0 fully saturated rings. The van der Waals surface area contributed by atoms with Gasteiger partial charge in [-0.25, -0.2) is 0 Å². The Balaban J connectivity index is 1.32. The molecule has 0 aliphatic carbocycles. The number of rotatable bonds is 3. The summed E-state index contributed by atoms with van der Waals surface area (Å²) in [6, 6.07) is 62.9. The molecule has 2 heterocycles. The zero-order chi connectivity index (χ0) is 32.8. The van der Waals surface area contributed by atoms with Gasteiger partial charge in [0.25, 0.3) is 0 Å². The van der Waals surface area contributed by atoms with Crippen molar-refractivity contribution in [3.63, 3.8) is 0 Å². The number of fused-ring (bicyclic) bond motifs is 9. The lowest BCUT2D eigenvalue weighted by atomic mass is 9.83. The van der Waals surface area contributed by atoms with Gasteiger partial charge in [-0.2, -0.15) is 0 Å². The fraction of sp³-hybridized carbons (Fsp3) is 0. The van der Waals surface area contributed by atoms with Gasteiger partial charge in [-0.05, 0) is 72.8 Å². The normalized spacial score (nSPS) is 12.0. The minimum atomic E-state index is 1.24. The van der Waals surface area contributed by atoms with Crippen molar-refractivity contribution in [3.05, 3.63) is 170 Å². The van der Waals surface area contributed by atoms with Crippen molar-refractivity contribution in [2.75, 3.05) is 0 Å². The minimum absolute atomic E-state index is 1.24. The Hall–Kier alpha value is -5.80. The van der Waals surface area contributed by atoms with Crippen molar-refractivity contribution in [1.29, 1.82) is 0 Å². The maximum absolute atomic E-state index is 2.46. The summed E-state index contributed by atoms with van der Waals surface area (Å²) in [5.41, 5.74) is 7.77. The third-order valence-corrected chi connectivity index (χ3v) is 12.9. The molecule has 9 aromatic carbocycles. The smallest absolute Gasteiger partial charge is 0.0448 e. The van der Waals surface area contributed by atoms with Crippen LogP contribution in [0.4, 0.5) is 0 Å². The van der Waals surface area contributed by atoms with E-state index in [-0.39, 0.29) is 0 Å². The third kappa shape index (κ3) is 3.98. The van der Waals surface area contributed by atoms with Gasteiger partial charge in [-0.3, -0.25) is 0 Å². The van der Waals surface area contributed by atoms with E-state index in [1.807, 2.05) is 22.7 Å². The summed E-state index contributed by atoms with van der Waals surface area (Å²) in [7, 11) is 0. The number of hydrogen-bond acceptors (Lipinski definition) is 2. The molecule has 0 spiro atoms. The largest absolute Gasteiger partial charge is 0.134 e. The van der Waals surface area contributed by atoms with Crippen LogP contribution in [0.2, 0.25) is 0 Å². The first-order chi connectivity index (χ1) is 24.8. The van der Waals surface area contributed by atoms with Crippen molar-refractivity contribution in [2.24, 2.45) is 0 Å². The molecule has 0 aliphatic rings. The van der Waals surface area contributed by atoms with E-state index in [1.165, 1.54) is 106 Å². The molecule has 0 saturated heterocycles. The third-order valence-electron chi connectivity index (χ3n) is 10.5. The van der Waals surface area contributed by atoms with Gasteiger partial charge >= 0.3 is 0 Å².